The Balaban J connectivity index is 1.67. The van der Waals surface area contributed by atoms with Crippen molar-refractivity contribution in [1.82, 2.24) is 9.80 Å². The molecule has 2 amide bonds. The molecule has 1 aliphatic carbocycles. The van der Waals surface area contributed by atoms with Crippen LogP contribution < -0.4 is 4.74 Å². The third kappa shape index (κ3) is 5.81. The first-order valence-corrected chi connectivity index (χ1v) is 12.9. The van der Waals surface area contributed by atoms with Crippen molar-refractivity contribution < 1.29 is 14.3 Å². The largest absolute Gasteiger partial charge is 0.487 e. The van der Waals surface area contributed by atoms with Crippen LogP contribution in [-0.2, 0) is 0 Å². The van der Waals surface area contributed by atoms with Crippen LogP contribution >= 0.6 is 0 Å². The van der Waals surface area contributed by atoms with E-state index in [-0.39, 0.29) is 24.0 Å². The fourth-order valence-corrected chi connectivity index (χ4v) is 5.31. The van der Waals surface area contributed by atoms with E-state index < -0.39 is 0 Å². The van der Waals surface area contributed by atoms with E-state index in [1.807, 2.05) is 67.4 Å². The third-order valence-electron chi connectivity index (χ3n) is 7.23. The minimum absolute atomic E-state index is 0.00512. The Labute approximate surface area is 204 Å². The molecule has 0 saturated heterocycles. The first-order valence-electron chi connectivity index (χ1n) is 12.9. The molecule has 2 aromatic rings. The topological polar surface area (TPSA) is 49.9 Å². The number of aryl methyl sites for hydroxylation is 1. The van der Waals surface area contributed by atoms with Gasteiger partial charge >= 0.3 is 0 Å². The highest BCUT2D eigenvalue weighted by Crippen LogP contribution is 2.31. The van der Waals surface area contributed by atoms with Gasteiger partial charge in [0.15, 0.2) is 0 Å². The lowest BCUT2D eigenvalue weighted by atomic mass is 9.90. The number of carbonyl (C=O) groups is 2. The molecule has 0 N–H and O–H groups in total. The van der Waals surface area contributed by atoms with Crippen LogP contribution in [0.4, 0.5) is 0 Å². The van der Waals surface area contributed by atoms with Gasteiger partial charge in [0.2, 0.25) is 0 Å². The van der Waals surface area contributed by atoms with Crippen molar-refractivity contribution in [3.05, 3.63) is 65.2 Å². The summed E-state index contributed by atoms with van der Waals surface area (Å²) >= 11 is 0. The second-order valence-electron chi connectivity index (χ2n) is 9.87. The molecule has 2 aliphatic rings. The van der Waals surface area contributed by atoms with Crippen LogP contribution in [0.25, 0.3) is 0 Å². The van der Waals surface area contributed by atoms with Crippen molar-refractivity contribution >= 4 is 11.8 Å². The lowest BCUT2D eigenvalue weighted by Crippen LogP contribution is -2.51. The highest BCUT2D eigenvalue weighted by molar-refractivity contribution is 5.97. The van der Waals surface area contributed by atoms with E-state index in [0.717, 1.165) is 82.0 Å². The van der Waals surface area contributed by atoms with Gasteiger partial charge in [0, 0.05) is 25.7 Å². The van der Waals surface area contributed by atoms with Crippen LogP contribution in [0.3, 0.4) is 0 Å². The van der Waals surface area contributed by atoms with Gasteiger partial charge in [0.1, 0.15) is 11.9 Å². The van der Waals surface area contributed by atoms with Gasteiger partial charge < -0.3 is 14.5 Å². The molecule has 0 radical (unpaired) electrons. The maximum atomic E-state index is 13.8. The van der Waals surface area contributed by atoms with E-state index in [1.54, 1.807) is 0 Å². The maximum absolute atomic E-state index is 13.8. The van der Waals surface area contributed by atoms with Crippen LogP contribution in [0.15, 0.2) is 48.5 Å². The van der Waals surface area contributed by atoms with Gasteiger partial charge in [-0.3, -0.25) is 9.59 Å². The summed E-state index contributed by atoms with van der Waals surface area (Å²) < 4.78 is 6.59. The van der Waals surface area contributed by atoms with E-state index in [4.69, 9.17) is 4.74 Å². The number of benzene rings is 2. The molecule has 182 valence electrons. The molecule has 0 aromatic heterocycles. The zero-order valence-corrected chi connectivity index (χ0v) is 20.7. The van der Waals surface area contributed by atoms with Crippen LogP contribution in [0.5, 0.6) is 5.75 Å². The summed E-state index contributed by atoms with van der Waals surface area (Å²) in [6, 6.07) is 15.5. The fraction of sp³-hybridized carbons (Fsp3) is 0.517. The molecule has 2 aromatic carbocycles. The monoisotopic (exact) mass is 462 g/mol. The van der Waals surface area contributed by atoms with Gasteiger partial charge in [0.25, 0.3) is 11.8 Å². The smallest absolute Gasteiger partial charge is 0.257 e. The number of amides is 2. The van der Waals surface area contributed by atoms with Gasteiger partial charge in [-0.05, 0) is 63.3 Å². The van der Waals surface area contributed by atoms with Gasteiger partial charge in [-0.1, -0.05) is 55.5 Å². The molecule has 1 heterocycles. The second kappa shape index (κ2) is 11.5. The molecule has 5 nitrogen and oxygen atoms in total. The molecule has 5 heteroatoms. The Hall–Kier alpha value is -2.82. The first kappa shape index (κ1) is 24.3. The number of hydrogen-bond acceptors (Lipinski definition) is 3. The molecule has 0 spiro atoms. The number of fused-ring (bicyclic) bond motifs is 2. The van der Waals surface area contributed by atoms with Gasteiger partial charge in [0.05, 0.1) is 11.6 Å². The molecule has 2 atom stereocenters. The Morgan fingerprint density at radius 1 is 0.882 bits per heavy atom. The van der Waals surface area contributed by atoms with E-state index in [1.165, 1.54) is 0 Å². The zero-order chi connectivity index (χ0) is 23.9. The van der Waals surface area contributed by atoms with Gasteiger partial charge in [-0.2, -0.15) is 0 Å². The van der Waals surface area contributed by atoms with Crippen molar-refractivity contribution in [2.75, 3.05) is 20.1 Å². The highest BCUT2D eigenvalue weighted by atomic mass is 16.5. The number of ether oxygens (including phenoxy) is 1. The van der Waals surface area contributed by atoms with Crippen molar-refractivity contribution in [1.29, 1.82) is 0 Å². The minimum Gasteiger partial charge on any atom is -0.487 e. The quantitative estimate of drug-likeness (QED) is 0.533. The lowest BCUT2D eigenvalue weighted by Gasteiger charge is -2.40. The minimum atomic E-state index is -0.119. The predicted octanol–water partition coefficient (Wildman–Crippen LogP) is 5.86. The summed E-state index contributed by atoms with van der Waals surface area (Å²) in [6.07, 6.45) is 9.14. The van der Waals surface area contributed by atoms with E-state index in [0.29, 0.717) is 11.3 Å². The summed E-state index contributed by atoms with van der Waals surface area (Å²) in [4.78, 5) is 30.8. The standard InChI is InChI=1S/C29H38N2O3/c1-22-13-12-14-23(21-22)28(32)31-20-11-5-3-4-10-19-30(2)29(33)24-15-6-8-17-26(24)34-27-18-9-7-16-25(27)31/h6,8,12-15,17,21,25,27H,3-5,7,9-11,16,18-20H2,1-2H3/t25-,27+/m1/s1. The van der Waals surface area contributed by atoms with Crippen LogP contribution in [0.1, 0.15) is 84.1 Å². The Morgan fingerprint density at radius 3 is 2.44 bits per heavy atom. The van der Waals surface area contributed by atoms with Gasteiger partial charge in [-0.15, -0.1) is 0 Å². The average molecular weight is 463 g/mol. The molecule has 0 bridgehead atoms. The SMILES string of the molecule is Cc1cccc(C(=O)N2CCCCCCCN(C)C(=O)c3ccccc3O[C@H]3CCCC[C@H]32)c1. The lowest BCUT2D eigenvalue weighted by molar-refractivity contribution is 0.0270. The number of hydrogen-bond donors (Lipinski definition) is 0. The van der Waals surface area contributed by atoms with E-state index in [2.05, 4.69) is 4.90 Å². The van der Waals surface area contributed by atoms with Crippen molar-refractivity contribution in [3.8, 4) is 5.75 Å². The molecular formula is C29H38N2O3. The molecule has 1 saturated carbocycles. The molecule has 1 fully saturated rings. The summed E-state index contributed by atoms with van der Waals surface area (Å²) in [7, 11) is 1.88. The summed E-state index contributed by atoms with van der Waals surface area (Å²) in [6.45, 7) is 3.52. The highest BCUT2D eigenvalue weighted by Gasteiger charge is 2.35. The number of rotatable bonds is 1. The van der Waals surface area contributed by atoms with E-state index >= 15 is 0 Å². The van der Waals surface area contributed by atoms with Crippen molar-refractivity contribution in [2.45, 2.75) is 76.9 Å². The second-order valence-corrected chi connectivity index (χ2v) is 9.87. The maximum Gasteiger partial charge on any atom is 0.257 e. The number of carbonyl (C=O) groups excluding carboxylic acids is 2. The fourth-order valence-electron chi connectivity index (χ4n) is 5.31. The van der Waals surface area contributed by atoms with Crippen molar-refractivity contribution in [3.63, 3.8) is 0 Å². The first-order chi connectivity index (χ1) is 16.5. The Morgan fingerprint density at radius 2 is 1.62 bits per heavy atom. The summed E-state index contributed by atoms with van der Waals surface area (Å²) in [5, 5.41) is 0. The number of nitrogens with zero attached hydrogens (tertiary/aromatic N) is 2. The Kier molecular flexibility index (Phi) is 8.25. The normalized spacial score (nSPS) is 22.6. The summed E-state index contributed by atoms with van der Waals surface area (Å²) in [5.74, 6) is 0.734. The summed E-state index contributed by atoms with van der Waals surface area (Å²) in [5.41, 5.74) is 2.46. The molecule has 34 heavy (non-hydrogen) atoms. The molecule has 0 unspecified atom stereocenters. The van der Waals surface area contributed by atoms with Crippen LogP contribution in [0.2, 0.25) is 0 Å². The van der Waals surface area contributed by atoms with E-state index in [9.17, 15) is 9.59 Å². The predicted molar refractivity (Wildman–Crippen MR) is 135 cm³/mol. The van der Waals surface area contributed by atoms with Crippen molar-refractivity contribution in [2.24, 2.45) is 0 Å². The molecule has 4 rings (SSSR count). The van der Waals surface area contributed by atoms with Crippen LogP contribution in [-0.4, -0.2) is 53.9 Å². The van der Waals surface area contributed by atoms with Crippen LogP contribution in [0, 0.1) is 6.92 Å². The third-order valence-corrected chi connectivity index (χ3v) is 7.23. The zero-order valence-electron chi connectivity index (χ0n) is 20.7. The molecule has 1 aliphatic heterocycles. The average Bonchev–Trinajstić information content (AvgIpc) is 2.85. The Bertz CT molecular complexity index is 989. The number of para-hydroxylation sites is 1. The molecular weight excluding hydrogens is 424 g/mol. The van der Waals surface area contributed by atoms with Gasteiger partial charge in [-0.25, -0.2) is 0 Å².